The molecule has 0 unspecified atom stereocenters. The van der Waals surface area contributed by atoms with Gasteiger partial charge in [0.1, 0.15) is 11.2 Å². The molecule has 3 aromatic heterocycles. The van der Waals surface area contributed by atoms with Crippen molar-refractivity contribution in [3.63, 3.8) is 0 Å². The Morgan fingerprint density at radius 3 is 1.72 bits per heavy atom. The molecule has 7 aromatic carbocycles. The number of rotatable bonds is 5. The van der Waals surface area contributed by atoms with Crippen molar-refractivity contribution in [1.82, 2.24) is 19.6 Å². The zero-order valence-corrected chi connectivity index (χ0v) is 26.9. The third-order valence-corrected chi connectivity index (χ3v) is 9.44. The second-order valence-electron chi connectivity index (χ2n) is 12.5. The highest BCUT2D eigenvalue weighted by Gasteiger charge is 2.17. The molecule has 0 spiro atoms. The lowest BCUT2D eigenvalue weighted by Crippen LogP contribution is -1.97. The quantitative estimate of drug-likeness (QED) is 0.188. The summed E-state index contributed by atoms with van der Waals surface area (Å²) in [6.07, 6.45) is 0. The van der Waals surface area contributed by atoms with Crippen LogP contribution in [0.1, 0.15) is 0 Å². The van der Waals surface area contributed by atoms with Crippen LogP contribution in [0.15, 0.2) is 174 Å². The molecule has 5 nitrogen and oxygen atoms in total. The van der Waals surface area contributed by atoms with Gasteiger partial charge in [-0.3, -0.25) is 0 Å². The molecule has 0 aliphatic rings. The number of para-hydroxylation sites is 2. The van der Waals surface area contributed by atoms with E-state index in [1.165, 1.54) is 22.3 Å². The van der Waals surface area contributed by atoms with Crippen LogP contribution in [0, 0.1) is 0 Å². The summed E-state index contributed by atoms with van der Waals surface area (Å²) >= 11 is 0. The number of hydrogen-bond acceptors (Lipinski definition) is 4. The summed E-state index contributed by atoms with van der Waals surface area (Å²) in [6, 6.07) is 59.0. The Hall–Kier alpha value is -6.85. The van der Waals surface area contributed by atoms with E-state index in [0.717, 1.165) is 60.8 Å². The average molecular weight is 641 g/mol. The Morgan fingerprint density at radius 1 is 0.380 bits per heavy atom. The van der Waals surface area contributed by atoms with Crippen LogP contribution in [0.2, 0.25) is 0 Å². The molecule has 5 heteroatoms. The zero-order valence-electron chi connectivity index (χ0n) is 26.9. The predicted molar refractivity (Wildman–Crippen MR) is 203 cm³/mol. The van der Waals surface area contributed by atoms with Crippen LogP contribution in [-0.4, -0.2) is 19.6 Å². The normalized spacial score (nSPS) is 11.6. The fraction of sp³-hybridized carbons (Fsp3) is 0. The van der Waals surface area contributed by atoms with Crippen molar-refractivity contribution < 1.29 is 4.42 Å². The van der Waals surface area contributed by atoms with E-state index in [-0.39, 0.29) is 0 Å². The Morgan fingerprint density at radius 2 is 0.960 bits per heavy atom. The Bertz CT molecular complexity index is 2810. The molecule has 234 valence electrons. The molecule has 0 saturated carbocycles. The second-order valence-corrected chi connectivity index (χ2v) is 12.5. The lowest BCUT2D eigenvalue weighted by Gasteiger charge is -2.12. The molecule has 10 aromatic rings. The third-order valence-electron chi connectivity index (χ3n) is 9.44. The fourth-order valence-electron chi connectivity index (χ4n) is 7.00. The van der Waals surface area contributed by atoms with Crippen molar-refractivity contribution in [2.75, 3.05) is 0 Å². The molecule has 0 saturated heterocycles. The molecule has 0 amide bonds. The number of hydrogen-bond donors (Lipinski definition) is 0. The van der Waals surface area contributed by atoms with E-state index in [1.54, 1.807) is 0 Å². The van der Waals surface area contributed by atoms with Gasteiger partial charge in [0.2, 0.25) is 0 Å². The Labute approximate surface area is 287 Å². The number of nitrogens with zero attached hydrogens (tertiary/aromatic N) is 4. The van der Waals surface area contributed by atoms with Crippen LogP contribution in [0.4, 0.5) is 0 Å². The van der Waals surface area contributed by atoms with Crippen molar-refractivity contribution in [2.45, 2.75) is 0 Å². The van der Waals surface area contributed by atoms with Crippen molar-refractivity contribution in [1.29, 1.82) is 0 Å². The van der Waals surface area contributed by atoms with Gasteiger partial charge in [0.15, 0.2) is 5.82 Å². The minimum Gasteiger partial charge on any atom is -0.456 e. The molecular formula is C45H28N4O. The van der Waals surface area contributed by atoms with Gasteiger partial charge >= 0.3 is 0 Å². The van der Waals surface area contributed by atoms with E-state index in [9.17, 15) is 0 Å². The summed E-state index contributed by atoms with van der Waals surface area (Å²) in [5.41, 5.74) is 12.3. The first-order valence-electron chi connectivity index (χ1n) is 16.7. The molecule has 0 bridgehead atoms. The third kappa shape index (κ3) is 4.75. The number of furan rings is 1. The first-order valence-corrected chi connectivity index (χ1v) is 16.7. The average Bonchev–Trinajstić information content (AvgIpc) is 3.80. The smallest absolute Gasteiger partial charge is 0.253 e. The maximum atomic E-state index is 6.23. The van der Waals surface area contributed by atoms with Gasteiger partial charge in [-0.25, -0.2) is 4.98 Å². The largest absolute Gasteiger partial charge is 0.456 e. The Kier molecular flexibility index (Phi) is 6.42. The van der Waals surface area contributed by atoms with E-state index < -0.39 is 0 Å². The highest BCUT2D eigenvalue weighted by molar-refractivity contribution is 6.06. The SMILES string of the molecule is c1ccc(-c2cc(-c3ccccc3)cc(-c3cccc(-c4nc5nc(-c6ccc7c(c6)oc6ccccc67)c6ccccc6n5n4)c3)c2)cc1. The molecule has 0 N–H and O–H groups in total. The molecule has 0 aliphatic heterocycles. The van der Waals surface area contributed by atoms with Crippen molar-refractivity contribution in [2.24, 2.45) is 0 Å². The van der Waals surface area contributed by atoms with Crippen molar-refractivity contribution in [3.05, 3.63) is 170 Å². The van der Waals surface area contributed by atoms with E-state index in [0.29, 0.717) is 11.6 Å². The highest BCUT2D eigenvalue weighted by Crippen LogP contribution is 2.36. The second kappa shape index (κ2) is 11.4. The molecule has 50 heavy (non-hydrogen) atoms. The minimum absolute atomic E-state index is 0.543. The van der Waals surface area contributed by atoms with Gasteiger partial charge < -0.3 is 4.42 Å². The fourth-order valence-corrected chi connectivity index (χ4v) is 7.00. The molecule has 0 aliphatic carbocycles. The lowest BCUT2D eigenvalue weighted by atomic mass is 9.93. The van der Waals surface area contributed by atoms with E-state index >= 15 is 0 Å². The standard InChI is InChI=1S/C45H28N4O/c1-3-12-29(13-4-1)34-25-35(30-14-5-2-6-15-30)27-36(26-34)31-16-11-17-33(24-31)44-47-45-46-43(39-19-7-9-20-40(39)49(45)48-44)32-22-23-38-37-18-8-10-21-41(37)50-42(38)28-32/h1-28H. The summed E-state index contributed by atoms with van der Waals surface area (Å²) in [7, 11) is 0. The molecule has 10 rings (SSSR count). The van der Waals surface area contributed by atoms with Gasteiger partial charge in [0.25, 0.3) is 5.78 Å². The molecule has 0 atom stereocenters. The van der Waals surface area contributed by atoms with Crippen LogP contribution in [-0.2, 0) is 0 Å². The topological polar surface area (TPSA) is 56.2 Å². The maximum absolute atomic E-state index is 6.23. The van der Waals surface area contributed by atoms with Crippen LogP contribution >= 0.6 is 0 Å². The van der Waals surface area contributed by atoms with Gasteiger partial charge in [-0.2, -0.15) is 9.50 Å². The van der Waals surface area contributed by atoms with Gasteiger partial charge in [-0.15, -0.1) is 5.10 Å². The monoisotopic (exact) mass is 640 g/mol. The first kappa shape index (κ1) is 28.2. The summed E-state index contributed by atoms with van der Waals surface area (Å²) < 4.78 is 8.08. The van der Waals surface area contributed by atoms with Gasteiger partial charge in [0.05, 0.1) is 11.2 Å². The van der Waals surface area contributed by atoms with E-state index in [1.807, 2.05) is 34.8 Å². The molecular weight excluding hydrogens is 613 g/mol. The van der Waals surface area contributed by atoms with E-state index in [2.05, 4.69) is 140 Å². The van der Waals surface area contributed by atoms with E-state index in [4.69, 9.17) is 19.5 Å². The first-order chi connectivity index (χ1) is 24.7. The summed E-state index contributed by atoms with van der Waals surface area (Å²) in [4.78, 5) is 10.1. The summed E-state index contributed by atoms with van der Waals surface area (Å²) in [5.74, 6) is 1.16. The van der Waals surface area contributed by atoms with Gasteiger partial charge in [0, 0.05) is 27.3 Å². The van der Waals surface area contributed by atoms with Crippen LogP contribution in [0.25, 0.3) is 94.6 Å². The highest BCUT2D eigenvalue weighted by atomic mass is 16.3. The predicted octanol–water partition coefficient (Wildman–Crippen LogP) is 11.5. The summed E-state index contributed by atoms with van der Waals surface area (Å²) in [6.45, 7) is 0. The number of fused-ring (bicyclic) bond motifs is 6. The number of aromatic nitrogens is 4. The van der Waals surface area contributed by atoms with Gasteiger partial charge in [-0.05, 0) is 81.9 Å². The van der Waals surface area contributed by atoms with Crippen molar-refractivity contribution >= 4 is 38.6 Å². The molecule has 0 radical (unpaired) electrons. The lowest BCUT2D eigenvalue weighted by molar-refractivity contribution is 0.669. The molecule has 0 fully saturated rings. The number of benzene rings is 7. The van der Waals surface area contributed by atoms with Crippen LogP contribution < -0.4 is 0 Å². The van der Waals surface area contributed by atoms with Crippen LogP contribution in [0.3, 0.4) is 0 Å². The Balaban J connectivity index is 1.10. The summed E-state index contributed by atoms with van der Waals surface area (Å²) in [5, 5.41) is 8.20. The minimum atomic E-state index is 0.543. The van der Waals surface area contributed by atoms with Gasteiger partial charge in [-0.1, -0.05) is 121 Å². The molecule has 3 heterocycles. The maximum Gasteiger partial charge on any atom is 0.253 e. The van der Waals surface area contributed by atoms with Crippen molar-refractivity contribution in [3.8, 4) is 56.0 Å². The van der Waals surface area contributed by atoms with Crippen LogP contribution in [0.5, 0.6) is 0 Å². The zero-order chi connectivity index (χ0) is 33.0.